The van der Waals surface area contributed by atoms with Crippen molar-refractivity contribution in [2.24, 2.45) is 0 Å². The van der Waals surface area contributed by atoms with Gasteiger partial charge in [-0.1, -0.05) is 57.0 Å². The minimum absolute atomic E-state index is 0.0727. The number of carbonyl (C=O) groups excluding carboxylic acids is 1. The summed E-state index contributed by atoms with van der Waals surface area (Å²) in [5, 5.41) is 20.5. The topological polar surface area (TPSA) is 90.9 Å². The number of H-pyrrole nitrogens is 1. The number of nitrogens with zero attached hydrogens (tertiary/aromatic N) is 2. The first-order valence-electron chi connectivity index (χ1n) is 7.22. The summed E-state index contributed by atoms with van der Waals surface area (Å²) in [7, 11) is 0. The molecule has 0 unspecified atom stereocenters. The van der Waals surface area contributed by atoms with E-state index in [1.165, 1.54) is 0 Å². The van der Waals surface area contributed by atoms with Crippen LogP contribution in [0.2, 0.25) is 10.0 Å². The number of nitrogens with one attached hydrogen (secondary N) is 2. The lowest BCUT2D eigenvalue weighted by Gasteiger charge is -2.08. The minimum atomic E-state index is -0.290. The largest absolute Gasteiger partial charge is 0.507 e. The number of hydrogen-bond donors (Lipinski definition) is 3. The molecular formula is C16H11BrCl2N4O2S. The van der Waals surface area contributed by atoms with Crippen molar-refractivity contribution in [3.8, 4) is 17.1 Å². The molecule has 26 heavy (non-hydrogen) atoms. The number of hydrogen-bond acceptors (Lipinski definition) is 5. The molecule has 1 heterocycles. The molecular weight excluding hydrogens is 463 g/mol. The maximum Gasteiger partial charge on any atom is 0.234 e. The summed E-state index contributed by atoms with van der Waals surface area (Å²) in [5.41, 5.74) is 0.877. The van der Waals surface area contributed by atoms with Gasteiger partial charge in [0.2, 0.25) is 11.1 Å². The zero-order chi connectivity index (χ0) is 18.7. The number of para-hydroxylation sites is 1. The first kappa shape index (κ1) is 19.0. The first-order valence-corrected chi connectivity index (χ1v) is 9.75. The average molecular weight is 474 g/mol. The summed E-state index contributed by atoms with van der Waals surface area (Å²) in [6.07, 6.45) is 0. The van der Waals surface area contributed by atoms with E-state index in [2.05, 4.69) is 36.4 Å². The Balaban J connectivity index is 1.65. The molecule has 134 valence electrons. The van der Waals surface area contributed by atoms with Crippen LogP contribution in [0.1, 0.15) is 0 Å². The normalized spacial score (nSPS) is 10.7. The molecule has 0 aliphatic carbocycles. The van der Waals surface area contributed by atoms with Crippen LogP contribution in [0, 0.1) is 0 Å². The summed E-state index contributed by atoms with van der Waals surface area (Å²) < 4.78 is 0.798. The van der Waals surface area contributed by atoms with Crippen molar-refractivity contribution in [1.29, 1.82) is 0 Å². The van der Waals surface area contributed by atoms with Gasteiger partial charge in [0.15, 0.2) is 5.82 Å². The third kappa shape index (κ3) is 4.50. The maximum atomic E-state index is 12.1. The Labute approximate surface area is 171 Å². The van der Waals surface area contributed by atoms with Gasteiger partial charge in [-0.05, 0) is 30.3 Å². The molecule has 0 fully saturated rings. The second-order valence-electron chi connectivity index (χ2n) is 5.06. The van der Waals surface area contributed by atoms with Crippen molar-refractivity contribution in [3.05, 3.63) is 50.9 Å². The number of anilines is 1. The highest BCUT2D eigenvalue weighted by molar-refractivity contribution is 9.10. The lowest BCUT2D eigenvalue weighted by atomic mass is 10.2. The quantitative estimate of drug-likeness (QED) is 0.454. The van der Waals surface area contributed by atoms with Gasteiger partial charge in [-0.15, -0.1) is 5.10 Å². The summed E-state index contributed by atoms with van der Waals surface area (Å²) in [6, 6.07) is 9.97. The fourth-order valence-corrected chi connectivity index (χ4v) is 3.50. The molecule has 0 aliphatic heterocycles. The summed E-state index contributed by atoms with van der Waals surface area (Å²) in [4.78, 5) is 16.4. The Hall–Kier alpha value is -1.74. The van der Waals surface area contributed by atoms with Crippen LogP contribution in [0.15, 0.2) is 46.0 Å². The highest BCUT2D eigenvalue weighted by atomic mass is 79.9. The van der Waals surface area contributed by atoms with E-state index in [9.17, 15) is 9.90 Å². The predicted molar refractivity (Wildman–Crippen MR) is 107 cm³/mol. The fourth-order valence-electron chi connectivity index (χ4n) is 2.05. The fraction of sp³-hybridized carbons (Fsp3) is 0.0625. The minimum Gasteiger partial charge on any atom is -0.507 e. The van der Waals surface area contributed by atoms with Crippen LogP contribution in [0.5, 0.6) is 5.75 Å². The standard InChI is InChI=1S/C16H11BrCl2N4O2S/c17-8-4-5-12(24)9(6-8)15-21-16(23-22-15)26-7-13(25)20-14-10(18)2-1-3-11(14)19/h1-6,24H,7H2,(H,20,25)(H,21,22,23). The Bertz CT molecular complexity index is 947. The Morgan fingerprint density at radius 3 is 2.73 bits per heavy atom. The molecule has 10 heteroatoms. The average Bonchev–Trinajstić information content (AvgIpc) is 3.07. The number of halogens is 3. The Morgan fingerprint density at radius 2 is 2.00 bits per heavy atom. The smallest absolute Gasteiger partial charge is 0.234 e. The van der Waals surface area contributed by atoms with Gasteiger partial charge in [0.25, 0.3) is 0 Å². The number of phenolic OH excluding ortho intramolecular Hbond substituents is 1. The van der Waals surface area contributed by atoms with Crippen molar-refractivity contribution in [2.45, 2.75) is 5.16 Å². The van der Waals surface area contributed by atoms with Crippen LogP contribution in [0.25, 0.3) is 11.4 Å². The molecule has 0 atom stereocenters. The van der Waals surface area contributed by atoms with Crippen LogP contribution in [-0.2, 0) is 4.79 Å². The van der Waals surface area contributed by atoms with E-state index in [4.69, 9.17) is 23.2 Å². The van der Waals surface area contributed by atoms with E-state index in [1.807, 2.05) is 0 Å². The monoisotopic (exact) mass is 472 g/mol. The zero-order valence-electron chi connectivity index (χ0n) is 13.0. The van der Waals surface area contributed by atoms with Crippen LogP contribution in [0.4, 0.5) is 5.69 Å². The van der Waals surface area contributed by atoms with Gasteiger partial charge in [0, 0.05) is 4.47 Å². The summed E-state index contributed by atoms with van der Waals surface area (Å²) in [6.45, 7) is 0. The lowest BCUT2D eigenvalue weighted by Crippen LogP contribution is -2.14. The Kier molecular flexibility index (Phi) is 6.08. The predicted octanol–water partition coefficient (Wildman–Crippen LogP) is 4.98. The molecule has 0 saturated carbocycles. The van der Waals surface area contributed by atoms with Gasteiger partial charge in [0.05, 0.1) is 27.0 Å². The van der Waals surface area contributed by atoms with E-state index >= 15 is 0 Å². The molecule has 0 spiro atoms. The molecule has 3 aromatic rings. The van der Waals surface area contributed by atoms with Crippen molar-refractivity contribution >= 4 is 62.5 Å². The van der Waals surface area contributed by atoms with Gasteiger partial charge in [-0.3, -0.25) is 9.89 Å². The van der Waals surface area contributed by atoms with E-state index in [0.717, 1.165) is 16.2 Å². The number of benzene rings is 2. The Morgan fingerprint density at radius 1 is 1.27 bits per heavy atom. The molecule has 1 aromatic heterocycles. The SMILES string of the molecule is O=C(CSc1n[nH]c(-c2cc(Br)ccc2O)n1)Nc1c(Cl)cccc1Cl. The number of thioether (sulfide) groups is 1. The second-order valence-corrected chi connectivity index (χ2v) is 7.73. The van der Waals surface area contributed by atoms with Crippen molar-refractivity contribution in [3.63, 3.8) is 0 Å². The number of rotatable bonds is 5. The molecule has 0 radical (unpaired) electrons. The van der Waals surface area contributed by atoms with Gasteiger partial charge in [-0.25, -0.2) is 4.98 Å². The highest BCUT2D eigenvalue weighted by Crippen LogP contribution is 2.31. The molecule has 0 bridgehead atoms. The zero-order valence-corrected chi connectivity index (χ0v) is 16.9. The molecule has 3 rings (SSSR count). The van der Waals surface area contributed by atoms with Crippen molar-refractivity contribution < 1.29 is 9.90 Å². The maximum absolute atomic E-state index is 12.1. The molecule has 1 amide bonds. The van der Waals surface area contributed by atoms with Crippen LogP contribution in [-0.4, -0.2) is 31.9 Å². The number of aromatic amines is 1. The van der Waals surface area contributed by atoms with Crippen molar-refractivity contribution in [2.75, 3.05) is 11.1 Å². The molecule has 6 nitrogen and oxygen atoms in total. The van der Waals surface area contributed by atoms with Gasteiger partial charge < -0.3 is 10.4 Å². The number of aromatic nitrogens is 3. The number of aromatic hydroxyl groups is 1. The molecule has 2 aromatic carbocycles. The molecule has 0 aliphatic rings. The van der Waals surface area contributed by atoms with Crippen LogP contribution < -0.4 is 5.32 Å². The first-order chi connectivity index (χ1) is 12.4. The van der Waals surface area contributed by atoms with Crippen LogP contribution >= 0.6 is 50.9 Å². The number of carbonyl (C=O) groups is 1. The summed E-state index contributed by atoms with van der Waals surface area (Å²) >= 11 is 16.5. The van der Waals surface area contributed by atoms with Gasteiger partial charge in [0.1, 0.15) is 5.75 Å². The van der Waals surface area contributed by atoms with E-state index in [-0.39, 0.29) is 17.4 Å². The van der Waals surface area contributed by atoms with Crippen molar-refractivity contribution in [1.82, 2.24) is 15.2 Å². The van der Waals surface area contributed by atoms with E-state index in [1.54, 1.807) is 36.4 Å². The van der Waals surface area contributed by atoms with Gasteiger partial charge >= 0.3 is 0 Å². The lowest BCUT2D eigenvalue weighted by molar-refractivity contribution is -0.113. The number of amides is 1. The third-order valence-corrected chi connectivity index (χ3v) is 5.21. The molecule has 0 saturated heterocycles. The van der Waals surface area contributed by atoms with E-state index < -0.39 is 0 Å². The third-order valence-electron chi connectivity index (χ3n) is 3.24. The summed E-state index contributed by atoms with van der Waals surface area (Å²) in [5.74, 6) is 0.262. The van der Waals surface area contributed by atoms with Crippen LogP contribution in [0.3, 0.4) is 0 Å². The number of phenols is 1. The second kappa shape index (κ2) is 8.30. The highest BCUT2D eigenvalue weighted by Gasteiger charge is 2.14. The van der Waals surface area contributed by atoms with Gasteiger partial charge in [-0.2, -0.15) is 0 Å². The molecule has 3 N–H and O–H groups in total. The van der Waals surface area contributed by atoms with E-state index in [0.29, 0.717) is 32.3 Å².